The number of hydrogen-bond donors (Lipinski definition) is 2. The molecule has 1 fully saturated rings. The standard InChI is InChI=1S/C16H16N2O6/c1-9(15(21)18-5-4-17-16(18)22)24-14(20)6-10-8-23-13-7-11(19)2-3-12(10)13/h2-3,7-9,19H,4-6H2,1H3,(H,17,22)/t9-/m1/s1. The number of carbonyl (C=O) groups is 3. The van der Waals surface area contributed by atoms with Gasteiger partial charge in [-0.3, -0.25) is 14.5 Å². The Morgan fingerprint density at radius 2 is 2.25 bits per heavy atom. The molecular formula is C16H16N2O6. The van der Waals surface area contributed by atoms with Crippen LogP contribution in [0.25, 0.3) is 11.0 Å². The third-order valence-electron chi connectivity index (χ3n) is 3.75. The maximum Gasteiger partial charge on any atom is 0.324 e. The van der Waals surface area contributed by atoms with Crippen LogP contribution in [0.2, 0.25) is 0 Å². The maximum atomic E-state index is 12.1. The third-order valence-corrected chi connectivity index (χ3v) is 3.75. The van der Waals surface area contributed by atoms with E-state index in [1.807, 2.05) is 0 Å². The van der Waals surface area contributed by atoms with Crippen molar-refractivity contribution in [3.05, 3.63) is 30.0 Å². The summed E-state index contributed by atoms with van der Waals surface area (Å²) in [5.41, 5.74) is 1.05. The lowest BCUT2D eigenvalue weighted by molar-refractivity contribution is -0.156. The molecule has 1 aromatic carbocycles. The van der Waals surface area contributed by atoms with Gasteiger partial charge in [0.2, 0.25) is 0 Å². The van der Waals surface area contributed by atoms with Crippen LogP contribution in [0.1, 0.15) is 12.5 Å². The highest BCUT2D eigenvalue weighted by Crippen LogP contribution is 2.25. The van der Waals surface area contributed by atoms with Crippen molar-refractivity contribution in [2.24, 2.45) is 0 Å². The molecule has 0 aliphatic carbocycles. The molecule has 2 aromatic rings. The number of hydrogen-bond acceptors (Lipinski definition) is 6. The number of nitrogens with one attached hydrogen (secondary N) is 1. The van der Waals surface area contributed by atoms with Gasteiger partial charge in [0.1, 0.15) is 11.3 Å². The summed E-state index contributed by atoms with van der Waals surface area (Å²) in [6.45, 7) is 2.08. The number of ether oxygens (including phenoxy) is 1. The Hall–Kier alpha value is -3.03. The van der Waals surface area contributed by atoms with Crippen LogP contribution in [-0.4, -0.2) is 47.1 Å². The Morgan fingerprint density at radius 1 is 1.46 bits per heavy atom. The first-order chi connectivity index (χ1) is 11.5. The topological polar surface area (TPSA) is 109 Å². The number of phenolic OH excluding ortho intramolecular Hbond substituents is 1. The highest BCUT2D eigenvalue weighted by Gasteiger charge is 2.31. The molecule has 3 rings (SSSR count). The fourth-order valence-corrected chi connectivity index (χ4v) is 2.55. The summed E-state index contributed by atoms with van der Waals surface area (Å²) >= 11 is 0. The Labute approximate surface area is 137 Å². The molecule has 3 amide bonds. The van der Waals surface area contributed by atoms with Crippen LogP contribution >= 0.6 is 0 Å². The van der Waals surface area contributed by atoms with Gasteiger partial charge < -0.3 is 19.6 Å². The van der Waals surface area contributed by atoms with Crippen LogP contribution in [0.15, 0.2) is 28.9 Å². The SMILES string of the molecule is C[C@@H](OC(=O)Cc1coc2cc(O)ccc12)C(=O)N1CCNC1=O. The van der Waals surface area contributed by atoms with E-state index in [0.29, 0.717) is 23.1 Å². The van der Waals surface area contributed by atoms with E-state index in [2.05, 4.69) is 5.32 Å². The van der Waals surface area contributed by atoms with Gasteiger partial charge in [-0.1, -0.05) is 0 Å². The highest BCUT2D eigenvalue weighted by atomic mass is 16.5. The molecule has 0 saturated carbocycles. The summed E-state index contributed by atoms with van der Waals surface area (Å²) < 4.78 is 10.4. The first-order valence-electron chi connectivity index (χ1n) is 7.43. The van der Waals surface area contributed by atoms with Gasteiger partial charge in [-0.25, -0.2) is 4.79 Å². The zero-order valence-electron chi connectivity index (χ0n) is 12.9. The van der Waals surface area contributed by atoms with E-state index in [1.165, 1.54) is 25.3 Å². The smallest absolute Gasteiger partial charge is 0.324 e. The van der Waals surface area contributed by atoms with E-state index in [-0.39, 0.29) is 18.7 Å². The molecule has 1 saturated heterocycles. The van der Waals surface area contributed by atoms with Crippen molar-refractivity contribution in [1.29, 1.82) is 0 Å². The lowest BCUT2D eigenvalue weighted by Gasteiger charge is -2.18. The number of furan rings is 1. The number of fused-ring (bicyclic) bond motifs is 1. The van der Waals surface area contributed by atoms with Crippen molar-refractivity contribution in [3.63, 3.8) is 0 Å². The first kappa shape index (κ1) is 15.9. The minimum Gasteiger partial charge on any atom is -0.508 e. The molecule has 24 heavy (non-hydrogen) atoms. The number of urea groups is 1. The minimum atomic E-state index is -1.05. The number of rotatable bonds is 4. The number of carbonyl (C=O) groups excluding carboxylic acids is 3. The van der Waals surface area contributed by atoms with Crippen molar-refractivity contribution in [2.75, 3.05) is 13.1 Å². The molecule has 2 heterocycles. The summed E-state index contributed by atoms with van der Waals surface area (Å²) in [5.74, 6) is -1.10. The van der Waals surface area contributed by atoms with Gasteiger partial charge >= 0.3 is 12.0 Å². The molecule has 8 nitrogen and oxygen atoms in total. The fourth-order valence-electron chi connectivity index (χ4n) is 2.55. The molecule has 0 bridgehead atoms. The second-order valence-electron chi connectivity index (χ2n) is 5.47. The van der Waals surface area contributed by atoms with Crippen LogP contribution < -0.4 is 5.32 Å². The molecular weight excluding hydrogens is 316 g/mol. The van der Waals surface area contributed by atoms with E-state index < -0.39 is 24.0 Å². The Kier molecular flexibility index (Phi) is 4.11. The van der Waals surface area contributed by atoms with Crippen LogP contribution in [0.5, 0.6) is 5.75 Å². The average Bonchev–Trinajstić information content (AvgIpc) is 3.12. The molecule has 8 heteroatoms. The lowest BCUT2D eigenvalue weighted by atomic mass is 10.1. The van der Waals surface area contributed by atoms with Gasteiger partial charge in [0.05, 0.1) is 12.7 Å². The van der Waals surface area contributed by atoms with Crippen molar-refractivity contribution >= 4 is 28.9 Å². The van der Waals surface area contributed by atoms with E-state index in [4.69, 9.17) is 9.15 Å². The van der Waals surface area contributed by atoms with Crippen LogP contribution in [-0.2, 0) is 20.7 Å². The van der Waals surface area contributed by atoms with Crippen molar-refractivity contribution in [2.45, 2.75) is 19.4 Å². The molecule has 0 radical (unpaired) electrons. The average molecular weight is 332 g/mol. The molecule has 0 spiro atoms. The molecule has 2 N–H and O–H groups in total. The number of benzene rings is 1. The molecule has 1 atom stereocenters. The van der Waals surface area contributed by atoms with Gasteiger partial charge in [-0.05, 0) is 19.1 Å². The fraction of sp³-hybridized carbons (Fsp3) is 0.312. The Balaban J connectivity index is 1.64. The summed E-state index contributed by atoms with van der Waals surface area (Å²) in [7, 11) is 0. The van der Waals surface area contributed by atoms with Crippen LogP contribution in [0.4, 0.5) is 4.79 Å². The molecule has 1 aromatic heterocycles. The third kappa shape index (κ3) is 3.03. The number of nitrogens with zero attached hydrogens (tertiary/aromatic N) is 1. The van der Waals surface area contributed by atoms with Crippen molar-refractivity contribution in [3.8, 4) is 5.75 Å². The number of amides is 3. The number of aromatic hydroxyl groups is 1. The van der Waals surface area contributed by atoms with Crippen molar-refractivity contribution < 1.29 is 28.6 Å². The largest absolute Gasteiger partial charge is 0.508 e. The Bertz CT molecular complexity index is 812. The lowest BCUT2D eigenvalue weighted by Crippen LogP contribution is -2.42. The quantitative estimate of drug-likeness (QED) is 0.813. The Morgan fingerprint density at radius 3 is 2.96 bits per heavy atom. The summed E-state index contributed by atoms with van der Waals surface area (Å²) in [4.78, 5) is 36.6. The van der Waals surface area contributed by atoms with Crippen LogP contribution in [0.3, 0.4) is 0 Å². The van der Waals surface area contributed by atoms with Gasteiger partial charge in [0, 0.05) is 30.1 Å². The zero-order chi connectivity index (χ0) is 17.3. The predicted octanol–water partition coefficient (Wildman–Crippen LogP) is 1.16. The first-order valence-corrected chi connectivity index (χ1v) is 7.43. The molecule has 126 valence electrons. The highest BCUT2D eigenvalue weighted by molar-refractivity contribution is 5.98. The maximum absolute atomic E-state index is 12.1. The summed E-state index contributed by atoms with van der Waals surface area (Å²) in [6.07, 6.45) is 0.274. The molecule has 1 aliphatic heterocycles. The zero-order valence-corrected chi connectivity index (χ0v) is 12.9. The van der Waals surface area contributed by atoms with Crippen LogP contribution in [0, 0.1) is 0 Å². The second kappa shape index (κ2) is 6.23. The van der Waals surface area contributed by atoms with Gasteiger partial charge in [0.15, 0.2) is 6.10 Å². The van der Waals surface area contributed by atoms with Crippen molar-refractivity contribution in [1.82, 2.24) is 10.2 Å². The van der Waals surface area contributed by atoms with E-state index in [0.717, 1.165) is 4.90 Å². The number of imide groups is 1. The second-order valence-corrected chi connectivity index (χ2v) is 5.47. The number of phenols is 1. The summed E-state index contributed by atoms with van der Waals surface area (Å²) in [5, 5.41) is 12.6. The normalized spacial score (nSPS) is 15.4. The van der Waals surface area contributed by atoms with E-state index in [9.17, 15) is 19.5 Å². The minimum absolute atomic E-state index is 0.0640. The number of esters is 1. The van der Waals surface area contributed by atoms with Gasteiger partial charge in [-0.15, -0.1) is 0 Å². The molecule has 0 unspecified atom stereocenters. The monoisotopic (exact) mass is 332 g/mol. The van der Waals surface area contributed by atoms with Gasteiger partial charge in [-0.2, -0.15) is 0 Å². The van der Waals surface area contributed by atoms with Gasteiger partial charge in [0.25, 0.3) is 5.91 Å². The summed E-state index contributed by atoms with van der Waals surface area (Å²) in [6, 6.07) is 4.09. The molecule has 1 aliphatic rings. The van der Waals surface area contributed by atoms with E-state index in [1.54, 1.807) is 6.07 Å². The van der Waals surface area contributed by atoms with E-state index >= 15 is 0 Å². The predicted molar refractivity (Wildman–Crippen MR) is 82.2 cm³/mol.